The minimum absolute atomic E-state index is 1.09. The monoisotopic (exact) mass is 296 g/mol. The van der Waals surface area contributed by atoms with E-state index in [0.29, 0.717) is 0 Å². The Kier molecular flexibility index (Phi) is 4.95. The van der Waals surface area contributed by atoms with E-state index < -0.39 is 8.07 Å². The second-order valence-corrected chi connectivity index (χ2v) is 10.4. The molecular weight excluding hydrogens is 280 g/mol. The van der Waals surface area contributed by atoms with E-state index in [2.05, 4.69) is 57.7 Å². The van der Waals surface area contributed by atoms with Gasteiger partial charge in [0, 0.05) is 12.4 Å². The Hall–Kier alpha value is -0.873. The standard InChI is InChI=1S/C7H12BrNSi.C5H5N/c1-10(2,3)7-5-4-6(8)9-7;1-2-4-6-5-3-1/h4-5,9H,1-3H3;1-5H. The number of rotatable bonds is 1. The molecule has 0 unspecified atom stereocenters. The van der Waals surface area contributed by atoms with Crippen LogP contribution in [0.5, 0.6) is 0 Å². The van der Waals surface area contributed by atoms with Crippen molar-refractivity contribution >= 4 is 29.3 Å². The third kappa shape index (κ3) is 4.77. The maximum absolute atomic E-state index is 3.78. The van der Waals surface area contributed by atoms with Gasteiger partial charge < -0.3 is 4.98 Å². The van der Waals surface area contributed by atoms with Crippen LogP contribution in [0.3, 0.4) is 0 Å². The fraction of sp³-hybridized carbons (Fsp3) is 0.250. The molecule has 2 aromatic heterocycles. The Morgan fingerprint density at radius 1 is 1.06 bits per heavy atom. The summed E-state index contributed by atoms with van der Waals surface area (Å²) in [4.78, 5) is 7.08. The SMILES string of the molecule is C[Si](C)(C)c1ccc(Br)[nH]1.c1ccncc1. The Balaban J connectivity index is 0.000000181. The van der Waals surface area contributed by atoms with E-state index in [1.807, 2.05) is 18.2 Å². The average molecular weight is 297 g/mol. The highest BCUT2D eigenvalue weighted by atomic mass is 79.9. The minimum atomic E-state index is -1.10. The van der Waals surface area contributed by atoms with Crippen LogP contribution in [0, 0.1) is 0 Å². The highest BCUT2D eigenvalue weighted by molar-refractivity contribution is 9.10. The smallest absolute Gasteiger partial charge is 0.0981 e. The maximum atomic E-state index is 3.78. The Labute approximate surface area is 106 Å². The van der Waals surface area contributed by atoms with Gasteiger partial charge in [-0.1, -0.05) is 25.7 Å². The van der Waals surface area contributed by atoms with E-state index in [1.54, 1.807) is 12.4 Å². The van der Waals surface area contributed by atoms with Gasteiger partial charge in [-0.05, 0) is 45.5 Å². The molecule has 0 bridgehead atoms. The lowest BCUT2D eigenvalue weighted by Gasteiger charge is -2.12. The van der Waals surface area contributed by atoms with Crippen molar-refractivity contribution < 1.29 is 0 Å². The third-order valence-corrected chi connectivity index (χ3v) is 4.40. The summed E-state index contributed by atoms with van der Waals surface area (Å²) < 4.78 is 1.09. The van der Waals surface area contributed by atoms with Crippen molar-refractivity contribution in [2.75, 3.05) is 0 Å². The Bertz CT molecular complexity index is 380. The van der Waals surface area contributed by atoms with Crippen LogP contribution in [0.4, 0.5) is 0 Å². The molecule has 0 aliphatic carbocycles. The van der Waals surface area contributed by atoms with Gasteiger partial charge in [-0.25, -0.2) is 0 Å². The molecule has 0 fully saturated rings. The van der Waals surface area contributed by atoms with Gasteiger partial charge in [-0.2, -0.15) is 0 Å². The molecule has 86 valence electrons. The van der Waals surface area contributed by atoms with E-state index >= 15 is 0 Å². The summed E-state index contributed by atoms with van der Waals surface area (Å²) in [5.74, 6) is 0. The zero-order chi connectivity index (χ0) is 12.0. The number of halogens is 1. The molecular formula is C12H17BrN2Si. The zero-order valence-electron chi connectivity index (χ0n) is 9.87. The highest BCUT2D eigenvalue weighted by Crippen LogP contribution is 2.06. The molecule has 1 N–H and O–H groups in total. The van der Waals surface area contributed by atoms with Crippen LogP contribution in [-0.4, -0.2) is 18.0 Å². The molecule has 0 aromatic carbocycles. The molecule has 16 heavy (non-hydrogen) atoms. The van der Waals surface area contributed by atoms with Crippen LogP contribution in [0.1, 0.15) is 0 Å². The van der Waals surface area contributed by atoms with Crippen LogP contribution in [0.25, 0.3) is 0 Å². The number of nitrogens with one attached hydrogen (secondary N) is 1. The summed E-state index contributed by atoms with van der Waals surface area (Å²) in [5.41, 5.74) is 0. The van der Waals surface area contributed by atoms with Gasteiger partial charge in [-0.15, -0.1) is 0 Å². The number of aromatic amines is 1. The van der Waals surface area contributed by atoms with Gasteiger partial charge in [0.1, 0.15) is 0 Å². The van der Waals surface area contributed by atoms with E-state index in [-0.39, 0.29) is 0 Å². The predicted octanol–water partition coefficient (Wildman–Crippen LogP) is 3.40. The molecule has 0 aliphatic heterocycles. The summed E-state index contributed by atoms with van der Waals surface area (Å²) in [5, 5.41) is 1.40. The van der Waals surface area contributed by atoms with E-state index in [9.17, 15) is 0 Å². The van der Waals surface area contributed by atoms with Crippen molar-refractivity contribution in [2.45, 2.75) is 19.6 Å². The highest BCUT2D eigenvalue weighted by Gasteiger charge is 2.17. The van der Waals surface area contributed by atoms with Crippen LogP contribution >= 0.6 is 15.9 Å². The maximum Gasteiger partial charge on any atom is 0.0981 e. The quantitative estimate of drug-likeness (QED) is 0.803. The average Bonchev–Trinajstić information content (AvgIpc) is 2.68. The zero-order valence-corrected chi connectivity index (χ0v) is 12.5. The lowest BCUT2D eigenvalue weighted by Crippen LogP contribution is -2.38. The molecule has 0 saturated carbocycles. The molecule has 0 saturated heterocycles. The lowest BCUT2D eigenvalue weighted by atomic mass is 10.5. The molecule has 4 heteroatoms. The second kappa shape index (κ2) is 6.01. The summed E-state index contributed by atoms with van der Waals surface area (Å²) in [7, 11) is -1.10. The fourth-order valence-corrected chi connectivity index (χ4v) is 2.74. The fourth-order valence-electron chi connectivity index (χ4n) is 1.12. The van der Waals surface area contributed by atoms with Crippen LogP contribution < -0.4 is 5.32 Å². The normalized spacial score (nSPS) is 10.5. The summed E-state index contributed by atoms with van der Waals surface area (Å²) in [6.45, 7) is 6.97. The van der Waals surface area contributed by atoms with Crippen LogP contribution in [0.15, 0.2) is 47.3 Å². The number of nitrogens with zero attached hydrogens (tertiary/aromatic N) is 1. The molecule has 0 spiro atoms. The molecule has 2 rings (SSSR count). The molecule has 0 amide bonds. The third-order valence-electron chi connectivity index (χ3n) is 2.02. The van der Waals surface area contributed by atoms with Crippen LogP contribution in [-0.2, 0) is 0 Å². The van der Waals surface area contributed by atoms with Gasteiger partial charge in [-0.3, -0.25) is 4.98 Å². The molecule has 0 atom stereocenters. The Morgan fingerprint density at radius 3 is 1.88 bits per heavy atom. The first kappa shape index (κ1) is 13.2. The predicted molar refractivity (Wildman–Crippen MR) is 75.7 cm³/mol. The summed E-state index contributed by atoms with van der Waals surface area (Å²) >= 11 is 3.39. The first-order chi connectivity index (χ1) is 7.50. The van der Waals surface area contributed by atoms with Crippen molar-refractivity contribution in [2.24, 2.45) is 0 Å². The summed E-state index contributed by atoms with van der Waals surface area (Å²) in [6.07, 6.45) is 3.50. The first-order valence-electron chi connectivity index (χ1n) is 5.20. The van der Waals surface area contributed by atoms with Gasteiger partial charge in [0.25, 0.3) is 0 Å². The van der Waals surface area contributed by atoms with Crippen molar-refractivity contribution in [1.29, 1.82) is 0 Å². The van der Waals surface area contributed by atoms with Gasteiger partial charge in [0.2, 0.25) is 0 Å². The molecule has 2 aromatic rings. The minimum Gasteiger partial charge on any atom is -0.357 e. The van der Waals surface area contributed by atoms with Gasteiger partial charge >= 0.3 is 0 Å². The number of aromatic nitrogens is 2. The number of pyridine rings is 1. The van der Waals surface area contributed by atoms with Crippen LogP contribution in [0.2, 0.25) is 19.6 Å². The molecule has 2 nitrogen and oxygen atoms in total. The number of hydrogen-bond acceptors (Lipinski definition) is 1. The van der Waals surface area contributed by atoms with Crippen molar-refractivity contribution in [1.82, 2.24) is 9.97 Å². The van der Waals surface area contributed by atoms with E-state index in [0.717, 1.165) is 4.60 Å². The van der Waals surface area contributed by atoms with Crippen molar-refractivity contribution in [3.8, 4) is 0 Å². The second-order valence-electron chi connectivity index (χ2n) is 4.49. The molecule has 0 aliphatic rings. The number of hydrogen-bond donors (Lipinski definition) is 1. The largest absolute Gasteiger partial charge is 0.357 e. The van der Waals surface area contributed by atoms with Crippen molar-refractivity contribution in [3.05, 3.63) is 47.3 Å². The lowest BCUT2D eigenvalue weighted by molar-refractivity contribution is 1.33. The topological polar surface area (TPSA) is 28.7 Å². The molecule has 0 radical (unpaired) electrons. The first-order valence-corrected chi connectivity index (χ1v) is 9.49. The van der Waals surface area contributed by atoms with E-state index in [1.165, 1.54) is 5.32 Å². The summed E-state index contributed by atoms with van der Waals surface area (Å²) in [6, 6.07) is 9.94. The van der Waals surface area contributed by atoms with E-state index in [4.69, 9.17) is 0 Å². The van der Waals surface area contributed by atoms with Crippen molar-refractivity contribution in [3.63, 3.8) is 0 Å². The number of H-pyrrole nitrogens is 1. The molecule has 2 heterocycles. The van der Waals surface area contributed by atoms with Gasteiger partial charge in [0.05, 0.1) is 12.7 Å². The van der Waals surface area contributed by atoms with Gasteiger partial charge in [0.15, 0.2) is 0 Å². The Morgan fingerprint density at radius 2 is 1.69 bits per heavy atom.